The van der Waals surface area contributed by atoms with Crippen LogP contribution in [-0.2, 0) is 4.79 Å². The number of aldehydes is 2. The summed E-state index contributed by atoms with van der Waals surface area (Å²) in [7, 11) is 1.62. The lowest BCUT2D eigenvalue weighted by Gasteiger charge is -2.31. The zero-order valence-corrected chi connectivity index (χ0v) is 19.5. The van der Waals surface area contributed by atoms with E-state index < -0.39 is 0 Å². The third-order valence-corrected chi connectivity index (χ3v) is 6.04. The number of rotatable bonds is 7. The highest BCUT2D eigenvalue weighted by Gasteiger charge is 2.20. The van der Waals surface area contributed by atoms with Gasteiger partial charge in [-0.3, -0.25) is 19.2 Å². The third kappa shape index (κ3) is 6.32. The van der Waals surface area contributed by atoms with Crippen molar-refractivity contribution in [2.24, 2.45) is 5.92 Å². The molecule has 1 aliphatic heterocycles. The highest BCUT2D eigenvalue weighted by Crippen LogP contribution is 2.20. The normalized spacial score (nSPS) is 13.4. The molecule has 1 saturated heterocycles. The topological polar surface area (TPSA) is 86.8 Å². The van der Waals surface area contributed by atoms with Crippen molar-refractivity contribution in [1.29, 1.82) is 0 Å². The quantitative estimate of drug-likeness (QED) is 0.508. The van der Waals surface area contributed by atoms with Crippen molar-refractivity contribution in [1.82, 2.24) is 9.80 Å². The average molecular weight is 460 g/mol. The molecule has 1 aliphatic rings. The molecule has 0 aliphatic carbocycles. The van der Waals surface area contributed by atoms with Gasteiger partial charge in [0.2, 0.25) is 5.91 Å². The summed E-state index contributed by atoms with van der Waals surface area (Å²) in [6.45, 7) is 4.11. The van der Waals surface area contributed by atoms with E-state index in [-0.39, 0.29) is 18.4 Å². The molecular weight excluding hydrogens is 430 g/mol. The first-order chi connectivity index (χ1) is 16.4. The number of carbonyl (C=O) groups is 4. The maximum atomic E-state index is 12.6. The first-order valence-corrected chi connectivity index (χ1v) is 11.3. The van der Waals surface area contributed by atoms with Gasteiger partial charge in [0.25, 0.3) is 5.91 Å². The molecule has 0 unspecified atom stereocenters. The summed E-state index contributed by atoms with van der Waals surface area (Å²) in [6, 6.07) is 12.0. The summed E-state index contributed by atoms with van der Waals surface area (Å²) >= 11 is 0. The first kappa shape index (κ1) is 24.7. The summed E-state index contributed by atoms with van der Waals surface area (Å²) in [6.07, 6.45) is 3.34. The maximum absolute atomic E-state index is 12.6. The summed E-state index contributed by atoms with van der Waals surface area (Å²) in [5, 5.41) is 3.42. The first-order valence-electron chi connectivity index (χ1n) is 11.3. The zero-order valence-electron chi connectivity index (χ0n) is 19.5. The van der Waals surface area contributed by atoms with Crippen molar-refractivity contribution in [3.8, 4) is 11.8 Å². The number of carbonyl (C=O) groups excluding carboxylic acids is 4. The van der Waals surface area contributed by atoms with Crippen LogP contribution in [0.5, 0.6) is 0 Å². The second-order valence-electron chi connectivity index (χ2n) is 8.42. The molecule has 1 fully saturated rings. The molecule has 0 spiro atoms. The Morgan fingerprint density at radius 1 is 1.09 bits per heavy atom. The molecule has 0 atom stereocenters. The van der Waals surface area contributed by atoms with Gasteiger partial charge >= 0.3 is 0 Å². The second-order valence-corrected chi connectivity index (χ2v) is 8.42. The van der Waals surface area contributed by atoms with E-state index >= 15 is 0 Å². The highest BCUT2D eigenvalue weighted by molar-refractivity contribution is 6.01. The van der Waals surface area contributed by atoms with Crippen molar-refractivity contribution < 1.29 is 19.2 Å². The predicted octanol–water partition coefficient (Wildman–Crippen LogP) is 3.11. The number of likely N-dealkylation sites (tertiary alicyclic amines) is 1. The minimum Gasteiger partial charge on any atom is -0.385 e. The van der Waals surface area contributed by atoms with E-state index in [0.29, 0.717) is 34.5 Å². The largest absolute Gasteiger partial charge is 0.385 e. The molecule has 1 heterocycles. The lowest BCUT2D eigenvalue weighted by atomic mass is 9.96. The van der Waals surface area contributed by atoms with Gasteiger partial charge in [-0.15, -0.1) is 0 Å². The number of anilines is 1. The van der Waals surface area contributed by atoms with Crippen LogP contribution in [-0.4, -0.2) is 67.4 Å². The van der Waals surface area contributed by atoms with Gasteiger partial charge in [-0.1, -0.05) is 30.0 Å². The summed E-state index contributed by atoms with van der Waals surface area (Å²) < 4.78 is 0. The molecule has 3 rings (SSSR count). The minimum atomic E-state index is -0.293. The van der Waals surface area contributed by atoms with Gasteiger partial charge in [-0.2, -0.15) is 0 Å². The Hall–Kier alpha value is -3.92. The lowest BCUT2D eigenvalue weighted by Crippen LogP contribution is -2.38. The number of hydrogen-bond acceptors (Lipinski definition) is 5. The molecule has 0 radical (unpaired) electrons. The van der Waals surface area contributed by atoms with Crippen molar-refractivity contribution >= 4 is 30.1 Å². The Morgan fingerprint density at radius 3 is 2.47 bits per heavy atom. The molecule has 0 bridgehead atoms. The Balaban J connectivity index is 1.62. The molecule has 2 amide bonds. The zero-order chi connectivity index (χ0) is 24.5. The molecule has 176 valence electrons. The number of piperidine rings is 1. The Labute approximate surface area is 200 Å². The number of nitrogens with zero attached hydrogens (tertiary/aromatic N) is 2. The van der Waals surface area contributed by atoms with Crippen LogP contribution in [0.15, 0.2) is 42.5 Å². The van der Waals surface area contributed by atoms with E-state index in [4.69, 9.17) is 0 Å². The molecular formula is C27H29N3O4. The van der Waals surface area contributed by atoms with Gasteiger partial charge in [-0.05, 0) is 43.0 Å². The molecule has 34 heavy (non-hydrogen) atoms. The van der Waals surface area contributed by atoms with Gasteiger partial charge in [0.15, 0.2) is 12.6 Å². The predicted molar refractivity (Wildman–Crippen MR) is 131 cm³/mol. The van der Waals surface area contributed by atoms with Gasteiger partial charge in [0.05, 0.1) is 12.1 Å². The Morgan fingerprint density at radius 2 is 1.79 bits per heavy atom. The van der Waals surface area contributed by atoms with Gasteiger partial charge in [-0.25, -0.2) is 0 Å². The molecule has 0 saturated carbocycles. The number of nitrogens with one attached hydrogen (secondary N) is 1. The molecule has 0 aromatic heterocycles. The van der Waals surface area contributed by atoms with Crippen LogP contribution in [0.2, 0.25) is 0 Å². The van der Waals surface area contributed by atoms with Crippen LogP contribution in [0.4, 0.5) is 5.69 Å². The number of benzene rings is 2. The number of amides is 2. The van der Waals surface area contributed by atoms with E-state index in [0.717, 1.165) is 44.4 Å². The fourth-order valence-electron chi connectivity index (χ4n) is 3.92. The van der Waals surface area contributed by atoms with Crippen LogP contribution in [0, 0.1) is 17.8 Å². The van der Waals surface area contributed by atoms with Crippen LogP contribution < -0.4 is 5.32 Å². The van der Waals surface area contributed by atoms with E-state index in [1.807, 2.05) is 17.0 Å². The summed E-state index contributed by atoms with van der Waals surface area (Å²) in [5.41, 5.74) is 2.60. The number of hydrogen-bond donors (Lipinski definition) is 1. The molecule has 2 aromatic carbocycles. The van der Waals surface area contributed by atoms with Crippen LogP contribution in [0.1, 0.15) is 56.4 Å². The second kappa shape index (κ2) is 11.8. The standard InChI is InChI=1S/C27H29N3O4/c1-20(33)30-14-11-21(12-15-30)17-28-25-10-9-23(18-31)22(16-25)7-5-13-29(2)27(34)26-8-4-3-6-24(26)19-32/h3-4,6,8-10,16,18-19,21,28H,11-15,17H2,1-2H3. The van der Waals surface area contributed by atoms with Gasteiger partial charge in [0, 0.05) is 56.0 Å². The molecule has 2 aromatic rings. The highest BCUT2D eigenvalue weighted by atomic mass is 16.2. The average Bonchev–Trinajstić information content (AvgIpc) is 2.87. The summed E-state index contributed by atoms with van der Waals surface area (Å²) in [5.74, 6) is 6.26. The van der Waals surface area contributed by atoms with Crippen molar-refractivity contribution in [2.75, 3.05) is 38.5 Å². The van der Waals surface area contributed by atoms with E-state index in [1.54, 1.807) is 44.3 Å². The van der Waals surface area contributed by atoms with Crippen LogP contribution >= 0.6 is 0 Å². The van der Waals surface area contributed by atoms with Crippen molar-refractivity contribution in [3.63, 3.8) is 0 Å². The van der Waals surface area contributed by atoms with E-state index in [2.05, 4.69) is 17.2 Å². The fourth-order valence-corrected chi connectivity index (χ4v) is 3.92. The van der Waals surface area contributed by atoms with E-state index in [1.165, 1.54) is 4.90 Å². The summed E-state index contributed by atoms with van der Waals surface area (Å²) in [4.78, 5) is 50.1. The lowest BCUT2D eigenvalue weighted by molar-refractivity contribution is -0.130. The smallest absolute Gasteiger partial charge is 0.255 e. The van der Waals surface area contributed by atoms with Crippen molar-refractivity contribution in [2.45, 2.75) is 19.8 Å². The van der Waals surface area contributed by atoms with E-state index in [9.17, 15) is 19.2 Å². The van der Waals surface area contributed by atoms with Crippen molar-refractivity contribution in [3.05, 3.63) is 64.7 Å². The Kier molecular flexibility index (Phi) is 8.58. The fraction of sp³-hybridized carbons (Fsp3) is 0.333. The Bertz CT molecular complexity index is 1120. The van der Waals surface area contributed by atoms with Gasteiger partial charge < -0.3 is 15.1 Å². The SMILES string of the molecule is CC(=O)N1CCC(CNc2ccc(C=O)c(C#CCN(C)C(=O)c3ccccc3C=O)c2)CC1. The minimum absolute atomic E-state index is 0.124. The van der Waals surface area contributed by atoms with Gasteiger partial charge in [0.1, 0.15) is 0 Å². The molecule has 7 heteroatoms. The monoisotopic (exact) mass is 459 g/mol. The van der Waals surface area contributed by atoms with Crippen LogP contribution in [0.3, 0.4) is 0 Å². The molecule has 1 N–H and O–H groups in total. The van der Waals surface area contributed by atoms with Crippen LogP contribution in [0.25, 0.3) is 0 Å². The molecule has 7 nitrogen and oxygen atoms in total. The third-order valence-electron chi connectivity index (χ3n) is 6.04. The maximum Gasteiger partial charge on any atom is 0.255 e.